The molecule has 8 rings (SSSR count). The predicted octanol–water partition coefficient (Wildman–Crippen LogP) is 12.0. The second kappa shape index (κ2) is 11.1. The summed E-state index contributed by atoms with van der Waals surface area (Å²) in [5.74, 6) is 0.560. The smallest absolute Gasteiger partial charge is 0.299 e. The van der Waals surface area contributed by atoms with Crippen molar-refractivity contribution in [2.24, 2.45) is 0 Å². The minimum atomic E-state index is 0.560. The summed E-state index contributed by atoms with van der Waals surface area (Å²) >= 11 is 0. The molecule has 0 atom stereocenters. The summed E-state index contributed by atoms with van der Waals surface area (Å²) in [6.45, 7) is 0. The topological polar surface area (TPSA) is 26.3 Å². The molecule has 0 N–H and O–H groups in total. The third-order valence-corrected chi connectivity index (χ3v) is 8.13. The molecule has 2 aromatic heterocycles. The van der Waals surface area contributed by atoms with Gasteiger partial charge in [-0.1, -0.05) is 146 Å². The minimum absolute atomic E-state index is 0.560. The molecule has 44 heavy (non-hydrogen) atoms. The molecule has 0 bridgehead atoms. The van der Waals surface area contributed by atoms with Crippen molar-refractivity contribution < 1.29 is 8.83 Å². The number of rotatable bonds is 6. The van der Waals surface area contributed by atoms with Crippen molar-refractivity contribution in [1.29, 1.82) is 0 Å². The lowest BCUT2D eigenvalue weighted by molar-refractivity contribution is 0.524. The molecule has 8 aromatic rings. The van der Waals surface area contributed by atoms with E-state index >= 15 is 0 Å². The molecule has 2 heteroatoms. The Balaban J connectivity index is 1.01. The Bertz CT molecular complexity index is 2120. The molecule has 0 unspecified atom stereocenters. The van der Waals surface area contributed by atoms with E-state index in [2.05, 4.69) is 158 Å². The summed E-state index contributed by atoms with van der Waals surface area (Å²) in [5, 5.41) is 3.14. The van der Waals surface area contributed by atoms with Gasteiger partial charge in [-0.2, -0.15) is 0 Å². The minimum Gasteiger partial charge on any atom is -0.425 e. The zero-order chi connectivity index (χ0) is 29.3. The van der Waals surface area contributed by atoms with Crippen molar-refractivity contribution >= 4 is 57.4 Å². The first-order valence-electron chi connectivity index (χ1n) is 14.8. The van der Waals surface area contributed by atoms with Crippen LogP contribution in [-0.4, -0.2) is 0 Å². The number of hydrogen-bond donors (Lipinski definition) is 0. The number of furan rings is 2. The third kappa shape index (κ3) is 5.04. The van der Waals surface area contributed by atoms with E-state index in [0.717, 1.165) is 49.6 Å². The van der Waals surface area contributed by atoms with Gasteiger partial charge in [-0.3, -0.25) is 0 Å². The molecule has 0 radical (unpaired) electrons. The van der Waals surface area contributed by atoms with Gasteiger partial charge in [0, 0.05) is 10.8 Å². The quantitative estimate of drug-likeness (QED) is 0.188. The normalized spacial score (nSPS) is 11.9. The van der Waals surface area contributed by atoms with Crippen molar-refractivity contribution in [3.63, 3.8) is 0 Å². The Morgan fingerprint density at radius 3 is 1.14 bits per heavy atom. The van der Waals surface area contributed by atoms with Crippen LogP contribution in [0.25, 0.3) is 79.7 Å². The zero-order valence-electron chi connectivity index (χ0n) is 24.0. The van der Waals surface area contributed by atoms with Crippen molar-refractivity contribution in [3.05, 3.63) is 168 Å². The SMILES string of the molecule is C(=C\c1ccc2c(c1)oc1oc3cc(/C=C/c4ccc(-c5ccccc5)cc4)ccc3c12)/c1ccc(-c2ccccc2)cc1. The van der Waals surface area contributed by atoms with E-state index in [1.165, 1.54) is 22.3 Å². The third-order valence-electron chi connectivity index (χ3n) is 8.13. The maximum absolute atomic E-state index is 6.19. The van der Waals surface area contributed by atoms with E-state index in [-0.39, 0.29) is 0 Å². The molecule has 0 aliphatic rings. The molecule has 0 saturated heterocycles. The highest BCUT2D eigenvalue weighted by atomic mass is 16.5. The Morgan fingerprint density at radius 2 is 0.705 bits per heavy atom. The van der Waals surface area contributed by atoms with Gasteiger partial charge < -0.3 is 8.83 Å². The van der Waals surface area contributed by atoms with Gasteiger partial charge in [0.2, 0.25) is 0 Å². The standard InChI is InChI=1S/C42H28O2/c1-3-7-33(8-4-1)35-21-15-29(16-22-35)11-13-31-19-25-37-39(27-31)43-42-41(37)38-26-20-32(28-40(38)44-42)14-12-30-17-23-36(24-18-30)34-9-5-2-6-10-34/h1-28H/b13-11+,14-12+. The van der Waals surface area contributed by atoms with Crippen LogP contribution in [0.15, 0.2) is 154 Å². The fourth-order valence-electron chi connectivity index (χ4n) is 5.77. The molecule has 2 nitrogen and oxygen atoms in total. The maximum Gasteiger partial charge on any atom is 0.299 e. The maximum atomic E-state index is 6.19. The highest BCUT2D eigenvalue weighted by Gasteiger charge is 2.16. The first kappa shape index (κ1) is 25.8. The van der Waals surface area contributed by atoms with Crippen LogP contribution in [0.2, 0.25) is 0 Å². The monoisotopic (exact) mass is 564 g/mol. The van der Waals surface area contributed by atoms with Crippen molar-refractivity contribution in [2.45, 2.75) is 0 Å². The second-order valence-corrected chi connectivity index (χ2v) is 11.0. The second-order valence-electron chi connectivity index (χ2n) is 11.0. The van der Waals surface area contributed by atoms with Crippen LogP contribution in [-0.2, 0) is 0 Å². The summed E-state index contributed by atoms with van der Waals surface area (Å²) in [4.78, 5) is 0. The molecule has 0 fully saturated rings. The predicted molar refractivity (Wildman–Crippen MR) is 185 cm³/mol. The van der Waals surface area contributed by atoms with Crippen molar-refractivity contribution in [3.8, 4) is 22.3 Å². The van der Waals surface area contributed by atoms with Gasteiger partial charge in [0.15, 0.2) is 0 Å². The fraction of sp³-hybridized carbons (Fsp3) is 0. The van der Waals surface area contributed by atoms with E-state index in [9.17, 15) is 0 Å². The Labute approximate surface area is 255 Å². The van der Waals surface area contributed by atoms with Crippen LogP contribution < -0.4 is 0 Å². The molecular weight excluding hydrogens is 536 g/mol. The molecule has 0 aliphatic heterocycles. The van der Waals surface area contributed by atoms with Gasteiger partial charge in [0.1, 0.15) is 11.2 Å². The first-order chi connectivity index (χ1) is 21.8. The van der Waals surface area contributed by atoms with Crippen LogP contribution in [0.3, 0.4) is 0 Å². The van der Waals surface area contributed by atoms with E-state index < -0.39 is 0 Å². The number of hydrogen-bond acceptors (Lipinski definition) is 2. The molecule has 0 aliphatic carbocycles. The van der Waals surface area contributed by atoms with Crippen molar-refractivity contribution in [1.82, 2.24) is 0 Å². The Morgan fingerprint density at radius 1 is 0.341 bits per heavy atom. The Hall–Kier alpha value is -5.86. The lowest BCUT2D eigenvalue weighted by atomic mass is 10.0. The number of fused-ring (bicyclic) bond motifs is 5. The van der Waals surface area contributed by atoms with Gasteiger partial charge in [-0.25, -0.2) is 0 Å². The summed E-state index contributed by atoms with van der Waals surface area (Å²) < 4.78 is 12.4. The van der Waals surface area contributed by atoms with Gasteiger partial charge >= 0.3 is 0 Å². The lowest BCUT2D eigenvalue weighted by Crippen LogP contribution is -1.78. The van der Waals surface area contributed by atoms with Crippen LogP contribution in [0.1, 0.15) is 22.3 Å². The molecule has 2 heterocycles. The van der Waals surface area contributed by atoms with Gasteiger partial charge in [0.05, 0.1) is 5.39 Å². The van der Waals surface area contributed by atoms with E-state index in [1.54, 1.807) is 0 Å². The lowest BCUT2D eigenvalue weighted by Gasteiger charge is -2.02. The van der Waals surface area contributed by atoms with Gasteiger partial charge in [-0.15, -0.1) is 0 Å². The van der Waals surface area contributed by atoms with Crippen LogP contribution in [0, 0.1) is 0 Å². The van der Waals surface area contributed by atoms with Crippen LogP contribution in [0.4, 0.5) is 0 Å². The summed E-state index contributed by atoms with van der Waals surface area (Å²) in [6, 6.07) is 50.8. The zero-order valence-corrected chi connectivity index (χ0v) is 24.0. The van der Waals surface area contributed by atoms with Crippen LogP contribution in [0.5, 0.6) is 0 Å². The highest BCUT2D eigenvalue weighted by Crippen LogP contribution is 2.38. The summed E-state index contributed by atoms with van der Waals surface area (Å²) in [5.41, 5.74) is 11.0. The highest BCUT2D eigenvalue weighted by molar-refractivity contribution is 6.17. The molecular formula is C42H28O2. The Kier molecular flexibility index (Phi) is 6.51. The largest absolute Gasteiger partial charge is 0.425 e. The number of benzene rings is 6. The average Bonchev–Trinajstić information content (AvgIpc) is 3.62. The molecule has 0 saturated carbocycles. The molecule has 6 aromatic carbocycles. The summed E-state index contributed by atoms with van der Waals surface area (Å²) in [6.07, 6.45) is 8.50. The van der Waals surface area contributed by atoms with Crippen molar-refractivity contribution in [2.75, 3.05) is 0 Å². The van der Waals surface area contributed by atoms with E-state index in [1.807, 2.05) is 12.1 Å². The first-order valence-corrected chi connectivity index (χ1v) is 14.8. The fourth-order valence-corrected chi connectivity index (χ4v) is 5.77. The molecule has 0 amide bonds. The van der Waals surface area contributed by atoms with E-state index in [4.69, 9.17) is 8.83 Å². The molecule has 208 valence electrons. The molecule has 0 spiro atoms. The average molecular weight is 565 g/mol. The van der Waals surface area contributed by atoms with Crippen LogP contribution >= 0.6 is 0 Å². The van der Waals surface area contributed by atoms with Gasteiger partial charge in [0.25, 0.3) is 5.78 Å². The summed E-state index contributed by atoms with van der Waals surface area (Å²) in [7, 11) is 0. The van der Waals surface area contributed by atoms with E-state index in [0.29, 0.717) is 5.78 Å². The van der Waals surface area contributed by atoms with Gasteiger partial charge in [-0.05, 0) is 68.8 Å².